The molecule has 0 aromatic heterocycles. The van der Waals surface area contributed by atoms with Crippen LogP contribution in [0.25, 0.3) is 0 Å². The Morgan fingerprint density at radius 3 is 2.78 bits per heavy atom. The van der Waals surface area contributed by atoms with Gasteiger partial charge < -0.3 is 15.0 Å². The lowest BCUT2D eigenvalue weighted by atomic mass is 10.0. The highest BCUT2D eigenvalue weighted by Gasteiger charge is 2.34. The monoisotopic (exact) mass is 317 g/mol. The zero-order valence-corrected chi connectivity index (χ0v) is 14.1. The van der Waals surface area contributed by atoms with Crippen molar-refractivity contribution in [3.8, 4) is 5.75 Å². The number of carbonyl (C=O) groups is 1. The van der Waals surface area contributed by atoms with Gasteiger partial charge in [-0.25, -0.2) is 0 Å². The Bertz CT molecular complexity index is 543. The highest BCUT2D eigenvalue weighted by Crippen LogP contribution is 2.28. The van der Waals surface area contributed by atoms with Crippen LogP contribution in [-0.4, -0.2) is 61.6 Å². The molecule has 0 aliphatic carbocycles. The molecule has 1 amide bonds. The average molecular weight is 317 g/mol. The van der Waals surface area contributed by atoms with Gasteiger partial charge in [0.05, 0.1) is 7.11 Å². The number of ether oxygens (including phenoxy) is 1. The first-order chi connectivity index (χ1) is 11.2. The summed E-state index contributed by atoms with van der Waals surface area (Å²) in [5, 5.41) is 3.46. The zero-order chi connectivity index (χ0) is 16.2. The molecule has 5 nitrogen and oxygen atoms in total. The predicted molar refractivity (Wildman–Crippen MR) is 90.6 cm³/mol. The van der Waals surface area contributed by atoms with Crippen molar-refractivity contribution in [2.45, 2.75) is 31.8 Å². The molecule has 0 spiro atoms. The van der Waals surface area contributed by atoms with Gasteiger partial charge in [-0.15, -0.1) is 0 Å². The molecule has 2 unspecified atom stereocenters. The van der Waals surface area contributed by atoms with Crippen molar-refractivity contribution >= 4 is 5.91 Å². The Labute approximate surface area is 138 Å². The molecule has 2 fully saturated rings. The topological polar surface area (TPSA) is 44.8 Å². The van der Waals surface area contributed by atoms with Crippen LogP contribution in [0, 0.1) is 0 Å². The smallest absolute Gasteiger partial charge is 0.244 e. The first-order valence-corrected chi connectivity index (χ1v) is 8.59. The quantitative estimate of drug-likeness (QED) is 0.917. The van der Waals surface area contributed by atoms with Gasteiger partial charge in [-0.05, 0) is 37.5 Å². The van der Waals surface area contributed by atoms with Crippen molar-refractivity contribution in [2.24, 2.45) is 0 Å². The van der Waals surface area contributed by atoms with Gasteiger partial charge in [-0.1, -0.05) is 12.1 Å². The summed E-state index contributed by atoms with van der Waals surface area (Å²) in [6.07, 6.45) is 2.24. The second-order valence-corrected chi connectivity index (χ2v) is 6.56. The van der Waals surface area contributed by atoms with Crippen LogP contribution in [0.3, 0.4) is 0 Å². The summed E-state index contributed by atoms with van der Waals surface area (Å²) in [6, 6.07) is 8.17. The average Bonchev–Trinajstić information content (AvgIpc) is 3.10. The molecule has 5 heteroatoms. The minimum atomic E-state index is -0.201. The molecule has 1 N–H and O–H groups in total. The van der Waals surface area contributed by atoms with Crippen molar-refractivity contribution in [1.82, 2.24) is 15.1 Å². The molecule has 2 atom stereocenters. The summed E-state index contributed by atoms with van der Waals surface area (Å²) in [6.45, 7) is 6.67. The lowest BCUT2D eigenvalue weighted by Gasteiger charge is -2.38. The normalized spacial score (nSPS) is 23.7. The molecular formula is C18H27N3O2. The molecular weight excluding hydrogens is 290 g/mol. The fourth-order valence-corrected chi connectivity index (χ4v) is 3.63. The maximum absolute atomic E-state index is 13.2. The number of nitrogens with zero attached hydrogens (tertiary/aromatic N) is 2. The predicted octanol–water partition coefficient (Wildman–Crippen LogP) is 1.65. The Morgan fingerprint density at radius 1 is 1.30 bits per heavy atom. The van der Waals surface area contributed by atoms with E-state index in [9.17, 15) is 4.79 Å². The van der Waals surface area contributed by atoms with Gasteiger partial charge in [0.1, 0.15) is 11.8 Å². The molecule has 1 aromatic carbocycles. The van der Waals surface area contributed by atoms with Crippen molar-refractivity contribution < 1.29 is 9.53 Å². The molecule has 0 saturated carbocycles. The van der Waals surface area contributed by atoms with E-state index in [-0.39, 0.29) is 11.9 Å². The molecule has 3 rings (SSSR count). The molecule has 2 heterocycles. The molecule has 1 aromatic rings. The van der Waals surface area contributed by atoms with Gasteiger partial charge in [0.2, 0.25) is 5.91 Å². The molecule has 126 valence electrons. The third kappa shape index (κ3) is 3.67. The summed E-state index contributed by atoms with van der Waals surface area (Å²) in [5.74, 6) is 1.05. The number of hydrogen-bond donors (Lipinski definition) is 1. The summed E-state index contributed by atoms with van der Waals surface area (Å²) >= 11 is 0. The van der Waals surface area contributed by atoms with Crippen LogP contribution in [0.4, 0.5) is 0 Å². The largest absolute Gasteiger partial charge is 0.497 e. The number of piperazine rings is 1. The Morgan fingerprint density at radius 2 is 2.09 bits per heavy atom. The van der Waals surface area contributed by atoms with Crippen LogP contribution in [0.2, 0.25) is 0 Å². The summed E-state index contributed by atoms with van der Waals surface area (Å²) in [5.41, 5.74) is 1.04. The number of likely N-dealkylation sites (tertiary alicyclic amines) is 1. The summed E-state index contributed by atoms with van der Waals surface area (Å²) in [7, 11) is 1.67. The van der Waals surface area contributed by atoms with Crippen molar-refractivity contribution in [3.05, 3.63) is 29.8 Å². The fraction of sp³-hybridized carbons (Fsp3) is 0.611. The van der Waals surface area contributed by atoms with E-state index in [0.29, 0.717) is 6.04 Å². The highest BCUT2D eigenvalue weighted by molar-refractivity contribution is 5.83. The second kappa shape index (κ2) is 7.32. The van der Waals surface area contributed by atoms with Crippen molar-refractivity contribution in [1.29, 1.82) is 0 Å². The van der Waals surface area contributed by atoms with Gasteiger partial charge >= 0.3 is 0 Å². The van der Waals surface area contributed by atoms with Crippen LogP contribution >= 0.6 is 0 Å². The minimum Gasteiger partial charge on any atom is -0.497 e. The van der Waals surface area contributed by atoms with Gasteiger partial charge in [0.15, 0.2) is 0 Å². The molecule has 0 radical (unpaired) electrons. The number of hydrogen-bond acceptors (Lipinski definition) is 4. The van der Waals surface area contributed by atoms with E-state index in [4.69, 9.17) is 4.74 Å². The lowest BCUT2D eigenvalue weighted by Crippen LogP contribution is -2.53. The maximum Gasteiger partial charge on any atom is 0.244 e. The van der Waals surface area contributed by atoms with Gasteiger partial charge in [-0.3, -0.25) is 9.69 Å². The van der Waals surface area contributed by atoms with E-state index in [1.54, 1.807) is 7.11 Å². The van der Waals surface area contributed by atoms with Crippen LogP contribution in [0.1, 0.15) is 31.4 Å². The standard InChI is InChI=1S/C18H27N3O2/c1-14-13-21(11-8-19-14)17(18(22)20-9-3-4-10-20)15-6-5-7-16(12-15)23-2/h5-7,12,14,17,19H,3-4,8-11,13H2,1-2H3. The van der Waals surface area contributed by atoms with E-state index in [2.05, 4.69) is 17.1 Å². The fourth-order valence-electron chi connectivity index (χ4n) is 3.63. The Balaban J connectivity index is 1.89. The lowest BCUT2D eigenvalue weighted by molar-refractivity contribution is -0.136. The number of rotatable bonds is 4. The molecule has 0 bridgehead atoms. The van der Waals surface area contributed by atoms with Gasteiger partial charge in [-0.2, -0.15) is 0 Å². The van der Waals surface area contributed by atoms with E-state index in [0.717, 1.165) is 56.9 Å². The van der Waals surface area contributed by atoms with Gasteiger partial charge in [0, 0.05) is 38.8 Å². The van der Waals surface area contributed by atoms with Crippen LogP contribution in [0.15, 0.2) is 24.3 Å². The van der Waals surface area contributed by atoms with Crippen molar-refractivity contribution in [2.75, 3.05) is 39.8 Å². The van der Waals surface area contributed by atoms with Crippen molar-refractivity contribution in [3.63, 3.8) is 0 Å². The molecule has 2 aliphatic rings. The summed E-state index contributed by atoms with van der Waals surface area (Å²) < 4.78 is 5.36. The van der Waals surface area contributed by atoms with E-state index in [1.807, 2.05) is 29.2 Å². The molecule has 2 aliphatic heterocycles. The summed E-state index contributed by atoms with van der Waals surface area (Å²) in [4.78, 5) is 17.5. The first kappa shape index (κ1) is 16.3. The minimum absolute atomic E-state index is 0.201. The third-order valence-electron chi connectivity index (χ3n) is 4.83. The first-order valence-electron chi connectivity index (χ1n) is 8.59. The number of carbonyl (C=O) groups excluding carboxylic acids is 1. The van der Waals surface area contributed by atoms with Crippen LogP contribution in [-0.2, 0) is 4.79 Å². The Hall–Kier alpha value is -1.59. The number of nitrogens with one attached hydrogen (secondary N) is 1. The molecule has 23 heavy (non-hydrogen) atoms. The Kier molecular flexibility index (Phi) is 5.18. The number of methoxy groups -OCH3 is 1. The maximum atomic E-state index is 13.2. The van der Waals surface area contributed by atoms with E-state index in [1.165, 1.54) is 0 Å². The SMILES string of the molecule is COc1cccc(C(C(=O)N2CCCC2)N2CCNC(C)C2)c1. The number of amides is 1. The van der Waals surface area contributed by atoms with E-state index >= 15 is 0 Å². The van der Waals surface area contributed by atoms with E-state index < -0.39 is 0 Å². The zero-order valence-electron chi connectivity index (χ0n) is 14.1. The number of benzene rings is 1. The highest BCUT2D eigenvalue weighted by atomic mass is 16.5. The van der Waals surface area contributed by atoms with Gasteiger partial charge in [0.25, 0.3) is 0 Å². The van der Waals surface area contributed by atoms with Crippen LogP contribution < -0.4 is 10.1 Å². The third-order valence-corrected chi connectivity index (χ3v) is 4.83. The second-order valence-electron chi connectivity index (χ2n) is 6.56. The molecule has 2 saturated heterocycles. The van der Waals surface area contributed by atoms with Crippen LogP contribution in [0.5, 0.6) is 5.75 Å².